The predicted molar refractivity (Wildman–Crippen MR) is 60.5 cm³/mol. The number of imidazole rings is 1. The van der Waals surface area contributed by atoms with E-state index in [2.05, 4.69) is 21.5 Å². The van der Waals surface area contributed by atoms with Gasteiger partial charge in [-0.2, -0.15) is 0 Å². The molecule has 1 aromatic heterocycles. The van der Waals surface area contributed by atoms with Gasteiger partial charge in [0, 0.05) is 18.8 Å². The van der Waals surface area contributed by atoms with Crippen molar-refractivity contribution in [1.82, 2.24) is 14.5 Å². The third kappa shape index (κ3) is 2.38. The minimum absolute atomic E-state index is 0.590. The molecule has 1 saturated heterocycles. The second kappa shape index (κ2) is 4.77. The van der Waals surface area contributed by atoms with Gasteiger partial charge in [-0.15, -0.1) is 0 Å². The summed E-state index contributed by atoms with van der Waals surface area (Å²) in [6, 6.07) is 0.594. The van der Waals surface area contributed by atoms with Gasteiger partial charge in [-0.25, -0.2) is 4.98 Å². The smallest absolute Gasteiger partial charge is 0.0951 e. The average molecular weight is 208 g/mol. The zero-order chi connectivity index (χ0) is 10.7. The van der Waals surface area contributed by atoms with E-state index in [0.717, 1.165) is 5.69 Å². The Labute approximate surface area is 91.1 Å². The van der Waals surface area contributed by atoms with Crippen LogP contribution in [-0.4, -0.2) is 34.6 Å². The fraction of sp³-hybridized carbons (Fsp3) is 0.727. The molecule has 1 aromatic rings. The summed E-state index contributed by atoms with van der Waals surface area (Å²) in [6.45, 7) is 2.97. The number of hydrogen-bond donors (Lipinski definition) is 1. The number of aromatic nitrogens is 2. The molecule has 1 aliphatic rings. The molecule has 1 atom stereocenters. The van der Waals surface area contributed by atoms with Crippen molar-refractivity contribution in [2.75, 3.05) is 20.1 Å². The maximum atomic E-state index is 5.70. The standard InChI is InChI=1S/C11H20N4/c1-14-5-2-3-10(4-6-14)15-9-13-8-11(15)7-12/h8-10H,2-7,12H2,1H3. The van der Waals surface area contributed by atoms with Crippen molar-refractivity contribution in [3.8, 4) is 0 Å². The van der Waals surface area contributed by atoms with Crippen LogP contribution in [0.4, 0.5) is 0 Å². The van der Waals surface area contributed by atoms with Crippen LogP contribution in [0.5, 0.6) is 0 Å². The SMILES string of the molecule is CN1CCCC(n2cncc2CN)CC1. The summed E-state index contributed by atoms with van der Waals surface area (Å²) in [5.74, 6) is 0. The molecule has 4 heteroatoms. The Morgan fingerprint density at radius 1 is 1.47 bits per heavy atom. The molecule has 0 aliphatic carbocycles. The van der Waals surface area contributed by atoms with Crippen LogP contribution in [-0.2, 0) is 6.54 Å². The zero-order valence-electron chi connectivity index (χ0n) is 9.39. The van der Waals surface area contributed by atoms with Gasteiger partial charge in [0.1, 0.15) is 0 Å². The molecule has 0 bridgehead atoms. The first kappa shape index (κ1) is 10.6. The summed E-state index contributed by atoms with van der Waals surface area (Å²) in [5.41, 5.74) is 6.85. The molecule has 2 heterocycles. The molecule has 4 nitrogen and oxygen atoms in total. The zero-order valence-corrected chi connectivity index (χ0v) is 9.39. The van der Waals surface area contributed by atoms with Crippen LogP contribution in [0.3, 0.4) is 0 Å². The van der Waals surface area contributed by atoms with Crippen LogP contribution >= 0.6 is 0 Å². The Morgan fingerprint density at radius 2 is 2.33 bits per heavy atom. The second-order valence-electron chi connectivity index (χ2n) is 4.38. The Hall–Kier alpha value is -0.870. The molecule has 84 valence electrons. The van der Waals surface area contributed by atoms with Crippen molar-refractivity contribution in [3.05, 3.63) is 18.2 Å². The lowest BCUT2D eigenvalue weighted by atomic mass is 10.1. The first-order chi connectivity index (χ1) is 7.31. The molecule has 0 spiro atoms. The number of nitrogens with zero attached hydrogens (tertiary/aromatic N) is 3. The van der Waals surface area contributed by atoms with Gasteiger partial charge in [0.15, 0.2) is 0 Å². The van der Waals surface area contributed by atoms with Gasteiger partial charge < -0.3 is 15.2 Å². The molecule has 2 N–H and O–H groups in total. The lowest BCUT2D eigenvalue weighted by Crippen LogP contribution is -2.19. The lowest BCUT2D eigenvalue weighted by molar-refractivity contribution is 0.340. The molecule has 1 fully saturated rings. The summed E-state index contributed by atoms with van der Waals surface area (Å²) >= 11 is 0. The van der Waals surface area contributed by atoms with E-state index >= 15 is 0 Å². The van der Waals surface area contributed by atoms with E-state index in [1.807, 2.05) is 12.5 Å². The summed E-state index contributed by atoms with van der Waals surface area (Å²) in [5, 5.41) is 0. The van der Waals surface area contributed by atoms with Crippen molar-refractivity contribution in [3.63, 3.8) is 0 Å². The van der Waals surface area contributed by atoms with E-state index in [0.29, 0.717) is 12.6 Å². The summed E-state index contributed by atoms with van der Waals surface area (Å²) in [6.07, 6.45) is 7.53. The Morgan fingerprint density at radius 3 is 3.13 bits per heavy atom. The van der Waals surface area contributed by atoms with E-state index in [4.69, 9.17) is 5.73 Å². The number of nitrogens with two attached hydrogens (primary N) is 1. The van der Waals surface area contributed by atoms with Gasteiger partial charge in [0.05, 0.1) is 12.0 Å². The minimum atomic E-state index is 0.590. The normalized spacial score (nSPS) is 24.0. The molecule has 0 amide bonds. The Balaban J connectivity index is 2.09. The monoisotopic (exact) mass is 208 g/mol. The molecule has 2 rings (SSSR count). The molecule has 0 saturated carbocycles. The molecule has 1 unspecified atom stereocenters. The van der Waals surface area contributed by atoms with Crippen molar-refractivity contribution >= 4 is 0 Å². The van der Waals surface area contributed by atoms with Crippen molar-refractivity contribution in [1.29, 1.82) is 0 Å². The van der Waals surface area contributed by atoms with Crippen LogP contribution in [0.15, 0.2) is 12.5 Å². The van der Waals surface area contributed by atoms with Gasteiger partial charge in [-0.3, -0.25) is 0 Å². The quantitative estimate of drug-likeness (QED) is 0.788. The summed E-state index contributed by atoms with van der Waals surface area (Å²) in [4.78, 5) is 6.59. The average Bonchev–Trinajstić information content (AvgIpc) is 2.61. The fourth-order valence-electron chi connectivity index (χ4n) is 2.32. The van der Waals surface area contributed by atoms with Crippen molar-refractivity contribution in [2.24, 2.45) is 5.73 Å². The van der Waals surface area contributed by atoms with Crippen LogP contribution in [0.1, 0.15) is 31.0 Å². The molecular weight excluding hydrogens is 188 g/mol. The van der Waals surface area contributed by atoms with Crippen LogP contribution in [0, 0.1) is 0 Å². The van der Waals surface area contributed by atoms with E-state index in [1.165, 1.54) is 32.4 Å². The van der Waals surface area contributed by atoms with Crippen LogP contribution < -0.4 is 5.73 Å². The van der Waals surface area contributed by atoms with Gasteiger partial charge in [0.25, 0.3) is 0 Å². The van der Waals surface area contributed by atoms with Crippen molar-refractivity contribution < 1.29 is 0 Å². The Kier molecular flexibility index (Phi) is 3.38. The highest BCUT2D eigenvalue weighted by Crippen LogP contribution is 2.23. The van der Waals surface area contributed by atoms with Crippen LogP contribution in [0.25, 0.3) is 0 Å². The molecule has 15 heavy (non-hydrogen) atoms. The molecule has 1 aliphatic heterocycles. The molecular formula is C11H20N4. The van der Waals surface area contributed by atoms with Gasteiger partial charge >= 0.3 is 0 Å². The van der Waals surface area contributed by atoms with E-state index < -0.39 is 0 Å². The predicted octanol–water partition coefficient (Wildman–Crippen LogP) is 0.999. The van der Waals surface area contributed by atoms with Crippen molar-refractivity contribution in [2.45, 2.75) is 31.8 Å². The van der Waals surface area contributed by atoms with Crippen LogP contribution in [0.2, 0.25) is 0 Å². The number of hydrogen-bond acceptors (Lipinski definition) is 3. The van der Waals surface area contributed by atoms with E-state index in [9.17, 15) is 0 Å². The van der Waals surface area contributed by atoms with Gasteiger partial charge in [0.2, 0.25) is 0 Å². The third-order valence-electron chi connectivity index (χ3n) is 3.27. The highest BCUT2D eigenvalue weighted by atomic mass is 15.1. The molecule has 0 radical (unpaired) electrons. The lowest BCUT2D eigenvalue weighted by Gasteiger charge is -2.18. The number of rotatable bonds is 2. The van der Waals surface area contributed by atoms with Gasteiger partial charge in [-0.1, -0.05) is 0 Å². The highest BCUT2D eigenvalue weighted by molar-refractivity contribution is 5.00. The molecule has 0 aromatic carbocycles. The van der Waals surface area contributed by atoms with E-state index in [1.54, 1.807) is 0 Å². The second-order valence-corrected chi connectivity index (χ2v) is 4.38. The summed E-state index contributed by atoms with van der Waals surface area (Å²) < 4.78 is 2.26. The highest BCUT2D eigenvalue weighted by Gasteiger charge is 2.17. The first-order valence-electron chi connectivity index (χ1n) is 5.70. The Bertz CT molecular complexity index is 307. The third-order valence-corrected chi connectivity index (χ3v) is 3.27. The summed E-state index contributed by atoms with van der Waals surface area (Å²) in [7, 11) is 2.19. The maximum Gasteiger partial charge on any atom is 0.0951 e. The topological polar surface area (TPSA) is 47.1 Å². The van der Waals surface area contributed by atoms with Gasteiger partial charge in [-0.05, 0) is 39.4 Å². The largest absolute Gasteiger partial charge is 0.330 e. The number of likely N-dealkylation sites (tertiary alicyclic amines) is 1. The fourth-order valence-corrected chi connectivity index (χ4v) is 2.32. The van der Waals surface area contributed by atoms with E-state index in [-0.39, 0.29) is 0 Å². The first-order valence-corrected chi connectivity index (χ1v) is 5.70. The minimum Gasteiger partial charge on any atom is -0.330 e. The maximum absolute atomic E-state index is 5.70.